The molecule has 0 aliphatic carbocycles. The average Bonchev–Trinajstić information content (AvgIpc) is 3.03. The van der Waals surface area contributed by atoms with Crippen LogP contribution < -0.4 is 4.72 Å². The zero-order chi connectivity index (χ0) is 16.4. The minimum atomic E-state index is -3.76. The molecule has 0 radical (unpaired) electrons. The number of hydrogen-bond donors (Lipinski definition) is 2. The molecule has 0 saturated carbocycles. The zero-order valence-electron chi connectivity index (χ0n) is 12.2. The van der Waals surface area contributed by atoms with E-state index in [-0.39, 0.29) is 22.2 Å². The normalized spacial score (nSPS) is 11.3. The van der Waals surface area contributed by atoms with Crippen molar-refractivity contribution in [3.8, 4) is 17.2 Å². The van der Waals surface area contributed by atoms with Crippen LogP contribution in [0.1, 0.15) is 5.56 Å². The van der Waals surface area contributed by atoms with Crippen molar-refractivity contribution in [3.05, 3.63) is 60.5 Å². The summed E-state index contributed by atoms with van der Waals surface area (Å²) >= 11 is 0. The van der Waals surface area contributed by atoms with Crippen LogP contribution in [-0.4, -0.2) is 18.5 Å². The molecule has 0 amide bonds. The number of sulfonamides is 1. The largest absolute Gasteiger partial charge is 0.508 e. The van der Waals surface area contributed by atoms with Crippen LogP contribution in [-0.2, 0) is 10.0 Å². The Balaban J connectivity index is 2.03. The van der Waals surface area contributed by atoms with Crippen molar-refractivity contribution in [3.63, 3.8) is 0 Å². The van der Waals surface area contributed by atoms with Crippen LogP contribution >= 0.6 is 0 Å². The third-order valence-corrected chi connectivity index (χ3v) is 4.57. The summed E-state index contributed by atoms with van der Waals surface area (Å²) in [6, 6.07) is 10.8. The molecule has 0 aliphatic rings. The molecule has 1 aromatic heterocycles. The molecule has 1 heterocycles. The molecule has 118 valence electrons. The summed E-state index contributed by atoms with van der Waals surface area (Å²) in [5.74, 6) is 0.194. The summed E-state index contributed by atoms with van der Waals surface area (Å²) in [6.45, 7) is 1.82. The number of nitrogens with one attached hydrogen (secondary N) is 1. The zero-order valence-corrected chi connectivity index (χ0v) is 13.0. The maximum absolute atomic E-state index is 12.5. The number of aryl methyl sites for hydroxylation is 1. The van der Waals surface area contributed by atoms with Gasteiger partial charge in [-0.1, -0.05) is 12.1 Å². The van der Waals surface area contributed by atoms with Gasteiger partial charge in [-0.25, -0.2) is 13.4 Å². The van der Waals surface area contributed by atoms with Crippen molar-refractivity contribution < 1.29 is 17.9 Å². The van der Waals surface area contributed by atoms with Crippen molar-refractivity contribution in [1.82, 2.24) is 4.98 Å². The van der Waals surface area contributed by atoms with Crippen LogP contribution in [0.4, 0.5) is 5.69 Å². The van der Waals surface area contributed by atoms with E-state index in [9.17, 15) is 13.5 Å². The van der Waals surface area contributed by atoms with Crippen LogP contribution in [0.3, 0.4) is 0 Å². The molecule has 0 atom stereocenters. The topological polar surface area (TPSA) is 92.4 Å². The number of aromatic nitrogens is 1. The molecule has 0 spiro atoms. The van der Waals surface area contributed by atoms with E-state index in [0.717, 1.165) is 5.56 Å². The van der Waals surface area contributed by atoms with Gasteiger partial charge in [0.15, 0.2) is 0 Å². The Morgan fingerprint density at radius 2 is 2.00 bits per heavy atom. The van der Waals surface area contributed by atoms with Gasteiger partial charge in [-0.05, 0) is 42.8 Å². The lowest BCUT2D eigenvalue weighted by Crippen LogP contribution is -2.13. The Kier molecular flexibility index (Phi) is 3.79. The number of nitrogens with zero attached hydrogens (tertiary/aromatic N) is 1. The molecule has 2 aromatic carbocycles. The summed E-state index contributed by atoms with van der Waals surface area (Å²) in [6.07, 6.45) is 2.82. The SMILES string of the molecule is Cc1cccc(S(=O)(=O)Nc2ccc(O)cc2-c2ncco2)c1. The number of hydrogen-bond acceptors (Lipinski definition) is 5. The molecule has 0 saturated heterocycles. The fourth-order valence-corrected chi connectivity index (χ4v) is 3.32. The Hall–Kier alpha value is -2.80. The number of aromatic hydroxyl groups is 1. The monoisotopic (exact) mass is 330 g/mol. The minimum absolute atomic E-state index is 0.0169. The van der Waals surface area contributed by atoms with Gasteiger partial charge in [0.2, 0.25) is 5.89 Å². The molecule has 0 bridgehead atoms. The van der Waals surface area contributed by atoms with E-state index < -0.39 is 10.0 Å². The predicted molar refractivity (Wildman–Crippen MR) is 85.6 cm³/mol. The first-order valence-electron chi connectivity index (χ1n) is 6.78. The molecule has 7 heteroatoms. The van der Waals surface area contributed by atoms with Crippen LogP contribution in [0.2, 0.25) is 0 Å². The molecule has 0 aliphatic heterocycles. The summed E-state index contributed by atoms with van der Waals surface area (Å²) < 4.78 is 32.8. The van der Waals surface area contributed by atoms with Crippen molar-refractivity contribution in [2.24, 2.45) is 0 Å². The second kappa shape index (κ2) is 5.77. The molecule has 6 nitrogen and oxygen atoms in total. The molecule has 23 heavy (non-hydrogen) atoms. The Morgan fingerprint density at radius 3 is 2.70 bits per heavy atom. The molecule has 3 aromatic rings. The van der Waals surface area contributed by atoms with Gasteiger partial charge in [0, 0.05) is 0 Å². The fraction of sp³-hybridized carbons (Fsp3) is 0.0625. The molecule has 0 unspecified atom stereocenters. The molecule has 2 N–H and O–H groups in total. The third-order valence-electron chi connectivity index (χ3n) is 3.21. The lowest BCUT2D eigenvalue weighted by molar-refractivity contribution is 0.475. The maximum atomic E-state index is 12.5. The van der Waals surface area contributed by atoms with Crippen LogP contribution in [0.15, 0.2) is 64.2 Å². The summed E-state index contributed by atoms with van der Waals surface area (Å²) in [4.78, 5) is 4.15. The van der Waals surface area contributed by atoms with E-state index in [2.05, 4.69) is 9.71 Å². The molecule has 0 fully saturated rings. The quantitative estimate of drug-likeness (QED) is 0.717. The Labute approximate surface area is 133 Å². The highest BCUT2D eigenvalue weighted by Gasteiger charge is 2.18. The van der Waals surface area contributed by atoms with E-state index in [1.807, 2.05) is 13.0 Å². The highest BCUT2D eigenvalue weighted by molar-refractivity contribution is 7.92. The molecular weight excluding hydrogens is 316 g/mol. The van der Waals surface area contributed by atoms with Gasteiger partial charge < -0.3 is 9.52 Å². The standard InChI is InChI=1S/C16H14N2O4S/c1-11-3-2-4-13(9-11)23(20,21)18-15-6-5-12(19)10-14(15)16-17-7-8-22-16/h2-10,18-19H,1H3. The summed E-state index contributed by atoms with van der Waals surface area (Å²) in [5.41, 5.74) is 1.46. The predicted octanol–water partition coefficient (Wildman–Crippen LogP) is 3.16. The Morgan fingerprint density at radius 1 is 1.17 bits per heavy atom. The van der Waals surface area contributed by atoms with E-state index >= 15 is 0 Å². The van der Waals surface area contributed by atoms with E-state index in [0.29, 0.717) is 5.56 Å². The fourth-order valence-electron chi connectivity index (χ4n) is 2.14. The minimum Gasteiger partial charge on any atom is -0.508 e. The lowest BCUT2D eigenvalue weighted by Gasteiger charge is -2.12. The number of rotatable bonds is 4. The van der Waals surface area contributed by atoms with Gasteiger partial charge in [0.25, 0.3) is 10.0 Å². The number of anilines is 1. The molecule has 3 rings (SSSR count). The van der Waals surface area contributed by atoms with E-state index in [1.165, 1.54) is 36.7 Å². The van der Waals surface area contributed by atoms with E-state index in [1.54, 1.807) is 12.1 Å². The number of phenols is 1. The van der Waals surface area contributed by atoms with Crippen molar-refractivity contribution in [1.29, 1.82) is 0 Å². The average molecular weight is 330 g/mol. The number of phenolic OH excluding ortho intramolecular Hbond substituents is 1. The van der Waals surface area contributed by atoms with Gasteiger partial charge in [0.1, 0.15) is 12.0 Å². The first-order valence-corrected chi connectivity index (χ1v) is 8.26. The van der Waals surface area contributed by atoms with Crippen LogP contribution in [0.25, 0.3) is 11.5 Å². The number of benzene rings is 2. The van der Waals surface area contributed by atoms with Gasteiger partial charge in [0.05, 0.1) is 22.3 Å². The second-order valence-electron chi connectivity index (χ2n) is 4.99. The number of oxazole rings is 1. The maximum Gasteiger partial charge on any atom is 0.261 e. The highest BCUT2D eigenvalue weighted by atomic mass is 32.2. The van der Waals surface area contributed by atoms with Gasteiger partial charge >= 0.3 is 0 Å². The van der Waals surface area contributed by atoms with E-state index in [4.69, 9.17) is 4.42 Å². The first-order chi connectivity index (χ1) is 11.0. The third kappa shape index (κ3) is 3.19. The summed E-state index contributed by atoms with van der Waals surface area (Å²) in [7, 11) is -3.76. The van der Waals surface area contributed by atoms with Crippen molar-refractivity contribution in [2.45, 2.75) is 11.8 Å². The highest BCUT2D eigenvalue weighted by Crippen LogP contribution is 2.31. The van der Waals surface area contributed by atoms with Crippen molar-refractivity contribution >= 4 is 15.7 Å². The van der Waals surface area contributed by atoms with Gasteiger partial charge in [-0.2, -0.15) is 0 Å². The summed E-state index contributed by atoms with van der Waals surface area (Å²) in [5, 5.41) is 9.64. The first kappa shape index (κ1) is 15.1. The van der Waals surface area contributed by atoms with Gasteiger partial charge in [-0.15, -0.1) is 0 Å². The van der Waals surface area contributed by atoms with Crippen LogP contribution in [0.5, 0.6) is 5.75 Å². The van der Waals surface area contributed by atoms with Crippen LogP contribution in [0, 0.1) is 6.92 Å². The van der Waals surface area contributed by atoms with Crippen molar-refractivity contribution in [2.75, 3.05) is 4.72 Å². The Bertz CT molecular complexity index is 934. The smallest absolute Gasteiger partial charge is 0.261 e. The molecular formula is C16H14N2O4S. The van der Waals surface area contributed by atoms with Gasteiger partial charge in [-0.3, -0.25) is 4.72 Å². The second-order valence-corrected chi connectivity index (χ2v) is 6.67. The lowest BCUT2D eigenvalue weighted by atomic mass is 10.1.